The summed E-state index contributed by atoms with van der Waals surface area (Å²) in [6.45, 7) is 0.333. The second-order valence-electron chi connectivity index (χ2n) is 5.95. The van der Waals surface area contributed by atoms with Gasteiger partial charge in [-0.15, -0.1) is 10.2 Å². The fraction of sp³-hybridized carbons (Fsp3) is 0.353. The molecule has 0 unspecified atom stereocenters. The van der Waals surface area contributed by atoms with E-state index in [0.29, 0.717) is 18.5 Å². The van der Waals surface area contributed by atoms with Crippen LogP contribution in [0.3, 0.4) is 0 Å². The van der Waals surface area contributed by atoms with Crippen molar-refractivity contribution in [1.82, 2.24) is 14.9 Å². The normalized spacial score (nSPS) is 14.7. The van der Waals surface area contributed by atoms with Crippen LogP contribution in [0.25, 0.3) is 0 Å². The van der Waals surface area contributed by atoms with Crippen molar-refractivity contribution in [1.29, 1.82) is 0 Å². The summed E-state index contributed by atoms with van der Waals surface area (Å²) in [7, 11) is -3.72. The first kappa shape index (κ1) is 18.7. The number of carbonyl (C=O) groups excluding carboxylic acids is 1. The number of aromatic nitrogens is 2. The monoisotopic (exact) mass is 392 g/mol. The van der Waals surface area contributed by atoms with Crippen LogP contribution in [0.4, 0.5) is 5.13 Å². The summed E-state index contributed by atoms with van der Waals surface area (Å²) >= 11 is 0.830. The molecular formula is C17H20N4O3S2. The minimum Gasteiger partial charge on any atom is -0.296 e. The topological polar surface area (TPSA) is 101 Å². The SMILES string of the molecule is O=C(Nc1nnc(S(=O)(=O)NCCC2=CCCCC2)s1)c1ccccc1. The van der Waals surface area contributed by atoms with Crippen LogP contribution in [0.5, 0.6) is 0 Å². The van der Waals surface area contributed by atoms with E-state index < -0.39 is 10.0 Å². The van der Waals surface area contributed by atoms with Gasteiger partial charge in [-0.05, 0) is 44.2 Å². The standard InChI is InChI=1S/C17H20N4O3S2/c22-15(14-9-5-2-6-10-14)19-16-20-21-17(25-16)26(23,24)18-12-11-13-7-3-1-4-8-13/h2,5-7,9-10,18H,1,3-4,8,11-12H2,(H,19,20,22). The molecule has 0 bridgehead atoms. The van der Waals surface area contributed by atoms with Crippen LogP contribution in [-0.2, 0) is 10.0 Å². The molecule has 0 aliphatic heterocycles. The number of rotatable bonds is 7. The van der Waals surface area contributed by atoms with Crippen LogP contribution < -0.4 is 10.0 Å². The Morgan fingerprint density at radius 2 is 1.96 bits per heavy atom. The van der Waals surface area contributed by atoms with Gasteiger partial charge < -0.3 is 0 Å². The minimum atomic E-state index is -3.72. The quantitative estimate of drug-likeness (QED) is 0.557. The Balaban J connectivity index is 1.57. The van der Waals surface area contributed by atoms with E-state index in [9.17, 15) is 13.2 Å². The van der Waals surface area contributed by atoms with Gasteiger partial charge in [-0.1, -0.05) is 41.2 Å². The zero-order valence-electron chi connectivity index (χ0n) is 14.1. The summed E-state index contributed by atoms with van der Waals surface area (Å²) in [5, 5.41) is 10.2. The predicted molar refractivity (Wildman–Crippen MR) is 101 cm³/mol. The van der Waals surface area contributed by atoms with Gasteiger partial charge in [-0.25, -0.2) is 13.1 Å². The van der Waals surface area contributed by atoms with Gasteiger partial charge in [0.15, 0.2) is 0 Å². The summed E-state index contributed by atoms with van der Waals surface area (Å²) in [5.74, 6) is -0.358. The Hall–Kier alpha value is -2.10. The van der Waals surface area contributed by atoms with Crippen molar-refractivity contribution in [3.8, 4) is 0 Å². The van der Waals surface area contributed by atoms with Crippen molar-refractivity contribution in [2.75, 3.05) is 11.9 Å². The highest BCUT2D eigenvalue weighted by Crippen LogP contribution is 2.22. The first-order valence-corrected chi connectivity index (χ1v) is 10.7. The first-order chi connectivity index (χ1) is 12.5. The van der Waals surface area contributed by atoms with E-state index in [-0.39, 0.29) is 15.4 Å². The van der Waals surface area contributed by atoms with Gasteiger partial charge in [-0.3, -0.25) is 10.1 Å². The molecule has 0 atom stereocenters. The fourth-order valence-electron chi connectivity index (χ4n) is 2.67. The second-order valence-corrected chi connectivity index (χ2v) is 8.87. The molecule has 2 aromatic rings. The minimum absolute atomic E-state index is 0.147. The second kappa shape index (κ2) is 8.52. The predicted octanol–water partition coefficient (Wildman–Crippen LogP) is 2.96. The van der Waals surface area contributed by atoms with E-state index in [1.165, 1.54) is 18.4 Å². The van der Waals surface area contributed by atoms with E-state index in [1.807, 2.05) is 0 Å². The number of sulfonamides is 1. The zero-order chi connectivity index (χ0) is 18.4. The average molecular weight is 393 g/mol. The molecule has 1 heterocycles. The van der Waals surface area contributed by atoms with Crippen LogP contribution >= 0.6 is 11.3 Å². The van der Waals surface area contributed by atoms with Gasteiger partial charge in [0, 0.05) is 12.1 Å². The third-order valence-corrected chi connectivity index (χ3v) is 6.68. The number of amides is 1. The van der Waals surface area contributed by atoms with Gasteiger partial charge >= 0.3 is 0 Å². The number of anilines is 1. The van der Waals surface area contributed by atoms with Crippen molar-refractivity contribution in [2.24, 2.45) is 0 Å². The smallest absolute Gasteiger partial charge is 0.269 e. The molecule has 0 spiro atoms. The third kappa shape index (κ3) is 4.96. The number of allylic oxidation sites excluding steroid dienone is 1. The van der Waals surface area contributed by atoms with Gasteiger partial charge in [0.2, 0.25) is 9.47 Å². The van der Waals surface area contributed by atoms with Crippen LogP contribution in [0, 0.1) is 0 Å². The highest BCUT2D eigenvalue weighted by molar-refractivity contribution is 7.91. The molecule has 1 aromatic carbocycles. The molecule has 138 valence electrons. The third-order valence-electron chi connectivity index (χ3n) is 4.02. The summed E-state index contributed by atoms with van der Waals surface area (Å²) in [6, 6.07) is 8.62. The summed E-state index contributed by atoms with van der Waals surface area (Å²) in [4.78, 5) is 12.1. The van der Waals surface area contributed by atoms with Gasteiger partial charge in [0.05, 0.1) is 0 Å². The van der Waals surface area contributed by atoms with Crippen molar-refractivity contribution >= 4 is 32.4 Å². The van der Waals surface area contributed by atoms with E-state index in [0.717, 1.165) is 24.2 Å². The van der Waals surface area contributed by atoms with Gasteiger partial charge in [-0.2, -0.15) is 0 Å². The molecule has 7 nitrogen and oxygen atoms in total. The molecule has 1 aliphatic carbocycles. The molecule has 1 amide bonds. The largest absolute Gasteiger partial charge is 0.296 e. The van der Waals surface area contributed by atoms with E-state index >= 15 is 0 Å². The van der Waals surface area contributed by atoms with Gasteiger partial charge in [0.25, 0.3) is 15.9 Å². The highest BCUT2D eigenvalue weighted by atomic mass is 32.2. The maximum atomic E-state index is 12.3. The maximum absolute atomic E-state index is 12.3. The molecule has 0 fully saturated rings. The van der Waals surface area contributed by atoms with Gasteiger partial charge in [0.1, 0.15) is 0 Å². The van der Waals surface area contributed by atoms with E-state index in [2.05, 4.69) is 26.3 Å². The molecule has 3 rings (SSSR count). The number of nitrogens with one attached hydrogen (secondary N) is 2. The maximum Gasteiger partial charge on any atom is 0.269 e. The Kier molecular flexibility index (Phi) is 6.12. The molecule has 0 radical (unpaired) electrons. The molecule has 0 saturated heterocycles. The molecule has 2 N–H and O–H groups in total. The number of benzene rings is 1. The lowest BCUT2D eigenvalue weighted by Gasteiger charge is -2.12. The summed E-state index contributed by atoms with van der Waals surface area (Å²) < 4.78 is 27.0. The lowest BCUT2D eigenvalue weighted by Crippen LogP contribution is -2.25. The molecule has 1 aromatic heterocycles. The number of nitrogens with zero attached hydrogens (tertiary/aromatic N) is 2. The Morgan fingerprint density at radius 1 is 1.15 bits per heavy atom. The highest BCUT2D eigenvalue weighted by Gasteiger charge is 2.21. The zero-order valence-corrected chi connectivity index (χ0v) is 15.8. The van der Waals surface area contributed by atoms with Crippen molar-refractivity contribution in [2.45, 2.75) is 36.4 Å². The average Bonchev–Trinajstić information content (AvgIpc) is 3.13. The number of hydrogen-bond acceptors (Lipinski definition) is 6. The summed E-state index contributed by atoms with van der Waals surface area (Å²) in [6.07, 6.45) is 7.38. The van der Waals surface area contributed by atoms with Crippen LogP contribution in [0.1, 0.15) is 42.5 Å². The number of hydrogen-bond donors (Lipinski definition) is 2. The van der Waals surface area contributed by atoms with Crippen molar-refractivity contribution in [3.63, 3.8) is 0 Å². The lowest BCUT2D eigenvalue weighted by atomic mass is 9.97. The first-order valence-electron chi connectivity index (χ1n) is 8.42. The van der Waals surface area contributed by atoms with Crippen molar-refractivity contribution in [3.05, 3.63) is 47.5 Å². The summed E-state index contributed by atoms with van der Waals surface area (Å²) in [5.41, 5.74) is 1.76. The molecule has 26 heavy (non-hydrogen) atoms. The van der Waals surface area contributed by atoms with E-state index in [4.69, 9.17) is 0 Å². The molecule has 1 aliphatic rings. The molecule has 0 saturated carbocycles. The van der Waals surface area contributed by atoms with Crippen LogP contribution in [-0.4, -0.2) is 31.1 Å². The lowest BCUT2D eigenvalue weighted by molar-refractivity contribution is 0.102. The van der Waals surface area contributed by atoms with Crippen LogP contribution in [0.15, 0.2) is 46.3 Å². The Labute approximate surface area is 156 Å². The molecule has 9 heteroatoms. The van der Waals surface area contributed by atoms with Crippen molar-refractivity contribution < 1.29 is 13.2 Å². The molecular weight excluding hydrogens is 372 g/mol. The van der Waals surface area contributed by atoms with E-state index in [1.54, 1.807) is 30.3 Å². The Bertz CT molecular complexity index is 892. The fourth-order valence-corrected chi connectivity index (χ4v) is 4.63. The Morgan fingerprint density at radius 3 is 2.69 bits per heavy atom. The number of carbonyl (C=O) groups is 1. The van der Waals surface area contributed by atoms with Crippen LogP contribution in [0.2, 0.25) is 0 Å².